The SMILES string of the molecule is CC12CC3CC(C)(C1)CC(c1nccc(CCN)n1)(C3)C2. The van der Waals surface area contributed by atoms with E-state index >= 15 is 0 Å². The summed E-state index contributed by atoms with van der Waals surface area (Å²) in [6.07, 6.45) is 11.0. The van der Waals surface area contributed by atoms with Gasteiger partial charge in [-0.25, -0.2) is 9.97 Å². The van der Waals surface area contributed by atoms with Gasteiger partial charge in [0.25, 0.3) is 0 Å². The first-order chi connectivity index (χ1) is 9.94. The molecule has 5 rings (SSSR count). The van der Waals surface area contributed by atoms with E-state index in [1.54, 1.807) is 0 Å². The average molecular weight is 285 g/mol. The highest BCUT2D eigenvalue weighted by atomic mass is 14.9. The maximum atomic E-state index is 5.70. The molecule has 2 N–H and O–H groups in total. The Labute approximate surface area is 127 Å². The number of aromatic nitrogens is 2. The average Bonchev–Trinajstić information content (AvgIpc) is 2.35. The molecule has 1 aromatic rings. The molecule has 2 unspecified atom stereocenters. The summed E-state index contributed by atoms with van der Waals surface area (Å²) in [5, 5.41) is 0. The first kappa shape index (κ1) is 13.7. The van der Waals surface area contributed by atoms with Gasteiger partial charge in [0, 0.05) is 23.7 Å². The number of hydrogen-bond donors (Lipinski definition) is 1. The van der Waals surface area contributed by atoms with Crippen LogP contribution in [-0.4, -0.2) is 16.5 Å². The van der Waals surface area contributed by atoms with Crippen molar-refractivity contribution in [1.29, 1.82) is 0 Å². The fourth-order valence-electron chi connectivity index (χ4n) is 6.64. The van der Waals surface area contributed by atoms with Crippen molar-refractivity contribution < 1.29 is 0 Å². The Morgan fingerprint density at radius 1 is 1.14 bits per heavy atom. The molecule has 0 amide bonds. The van der Waals surface area contributed by atoms with Crippen LogP contribution in [0.3, 0.4) is 0 Å². The molecule has 0 spiro atoms. The minimum Gasteiger partial charge on any atom is -0.330 e. The molecule has 1 aromatic heterocycles. The molecule has 4 saturated carbocycles. The summed E-state index contributed by atoms with van der Waals surface area (Å²) < 4.78 is 0. The Kier molecular flexibility index (Phi) is 2.79. The monoisotopic (exact) mass is 285 g/mol. The highest BCUT2D eigenvalue weighted by Crippen LogP contribution is 2.69. The van der Waals surface area contributed by atoms with E-state index in [0.717, 1.165) is 23.9 Å². The third-order valence-electron chi connectivity index (χ3n) is 6.21. The largest absolute Gasteiger partial charge is 0.330 e. The van der Waals surface area contributed by atoms with Crippen molar-refractivity contribution in [2.45, 2.75) is 64.2 Å². The van der Waals surface area contributed by atoms with Crippen LogP contribution in [0.2, 0.25) is 0 Å². The molecular formula is C18H27N3. The molecule has 3 heteroatoms. The number of rotatable bonds is 3. The summed E-state index contributed by atoms with van der Waals surface area (Å²) in [7, 11) is 0. The molecule has 0 saturated heterocycles. The van der Waals surface area contributed by atoms with Crippen molar-refractivity contribution in [1.82, 2.24) is 9.97 Å². The van der Waals surface area contributed by atoms with Crippen molar-refractivity contribution in [2.75, 3.05) is 6.54 Å². The second-order valence-corrected chi connectivity index (χ2v) is 8.82. The lowest BCUT2D eigenvalue weighted by Crippen LogP contribution is -2.57. The van der Waals surface area contributed by atoms with Gasteiger partial charge >= 0.3 is 0 Å². The van der Waals surface area contributed by atoms with Gasteiger partial charge < -0.3 is 5.73 Å². The zero-order valence-corrected chi connectivity index (χ0v) is 13.4. The van der Waals surface area contributed by atoms with Crippen molar-refractivity contribution in [3.63, 3.8) is 0 Å². The van der Waals surface area contributed by atoms with E-state index in [2.05, 4.69) is 13.8 Å². The predicted octanol–water partition coefficient (Wildman–Crippen LogP) is 3.23. The van der Waals surface area contributed by atoms with Crippen LogP contribution in [0.5, 0.6) is 0 Å². The van der Waals surface area contributed by atoms with E-state index < -0.39 is 0 Å². The van der Waals surface area contributed by atoms with Gasteiger partial charge in [-0.3, -0.25) is 0 Å². The van der Waals surface area contributed by atoms with Crippen LogP contribution in [0.25, 0.3) is 0 Å². The highest BCUT2D eigenvalue weighted by molar-refractivity contribution is 5.23. The molecule has 1 heterocycles. The van der Waals surface area contributed by atoms with Crippen LogP contribution >= 0.6 is 0 Å². The fraction of sp³-hybridized carbons (Fsp3) is 0.778. The van der Waals surface area contributed by atoms with E-state index in [4.69, 9.17) is 15.7 Å². The summed E-state index contributed by atoms with van der Waals surface area (Å²) in [5.41, 5.74) is 8.09. The molecule has 2 atom stereocenters. The Bertz CT molecular complexity index is 549. The van der Waals surface area contributed by atoms with Gasteiger partial charge in [0.2, 0.25) is 0 Å². The molecule has 114 valence electrons. The van der Waals surface area contributed by atoms with E-state index in [0.29, 0.717) is 17.4 Å². The van der Waals surface area contributed by atoms with E-state index in [1.165, 1.54) is 38.5 Å². The maximum Gasteiger partial charge on any atom is 0.134 e. The van der Waals surface area contributed by atoms with Crippen LogP contribution in [-0.2, 0) is 11.8 Å². The van der Waals surface area contributed by atoms with Crippen molar-refractivity contribution >= 4 is 0 Å². The van der Waals surface area contributed by atoms with E-state index in [9.17, 15) is 0 Å². The quantitative estimate of drug-likeness (QED) is 0.927. The normalized spacial score (nSPS) is 44.2. The summed E-state index contributed by atoms with van der Waals surface area (Å²) in [6, 6.07) is 2.03. The third kappa shape index (κ3) is 2.12. The van der Waals surface area contributed by atoms with Crippen molar-refractivity contribution in [2.24, 2.45) is 22.5 Å². The first-order valence-corrected chi connectivity index (χ1v) is 8.47. The van der Waals surface area contributed by atoms with Gasteiger partial charge in [-0.05, 0) is 67.9 Å². The van der Waals surface area contributed by atoms with Crippen LogP contribution in [0, 0.1) is 16.7 Å². The summed E-state index contributed by atoms with van der Waals surface area (Å²) in [4.78, 5) is 9.65. The zero-order valence-electron chi connectivity index (χ0n) is 13.4. The number of hydrogen-bond acceptors (Lipinski definition) is 3. The highest BCUT2D eigenvalue weighted by Gasteiger charge is 2.61. The minimum atomic E-state index is 0.244. The molecule has 21 heavy (non-hydrogen) atoms. The van der Waals surface area contributed by atoms with Crippen molar-refractivity contribution in [3.05, 3.63) is 23.8 Å². The Morgan fingerprint density at radius 3 is 2.48 bits per heavy atom. The van der Waals surface area contributed by atoms with Crippen LogP contribution in [0.4, 0.5) is 0 Å². The molecular weight excluding hydrogens is 258 g/mol. The Morgan fingerprint density at radius 2 is 1.86 bits per heavy atom. The Hall–Kier alpha value is -0.960. The molecule has 4 fully saturated rings. The van der Waals surface area contributed by atoms with Gasteiger partial charge in [-0.2, -0.15) is 0 Å². The number of nitrogens with zero attached hydrogens (tertiary/aromatic N) is 2. The second kappa shape index (κ2) is 4.28. The molecule has 4 bridgehead atoms. The van der Waals surface area contributed by atoms with Crippen LogP contribution in [0.1, 0.15) is 63.9 Å². The second-order valence-electron chi connectivity index (χ2n) is 8.82. The molecule has 4 aliphatic carbocycles. The molecule has 0 aromatic carbocycles. The van der Waals surface area contributed by atoms with E-state index in [-0.39, 0.29) is 5.41 Å². The predicted molar refractivity (Wildman–Crippen MR) is 83.9 cm³/mol. The first-order valence-electron chi connectivity index (χ1n) is 8.47. The summed E-state index contributed by atoms with van der Waals surface area (Å²) in [6.45, 7) is 5.68. The maximum absolute atomic E-state index is 5.70. The topological polar surface area (TPSA) is 51.8 Å². The zero-order chi connectivity index (χ0) is 14.7. The van der Waals surface area contributed by atoms with Crippen molar-refractivity contribution in [3.8, 4) is 0 Å². The third-order valence-corrected chi connectivity index (χ3v) is 6.21. The standard InChI is InChI=1S/C18H27N3/c1-16-7-13-8-17(2,10-16)12-18(9-13,11-16)15-20-6-4-14(21-15)3-5-19/h4,6,13H,3,5,7-12,19H2,1-2H3. The molecule has 0 radical (unpaired) electrons. The van der Waals surface area contributed by atoms with Gasteiger partial charge in [0.1, 0.15) is 5.82 Å². The van der Waals surface area contributed by atoms with Crippen LogP contribution < -0.4 is 5.73 Å². The molecule has 0 aliphatic heterocycles. The molecule has 3 nitrogen and oxygen atoms in total. The van der Waals surface area contributed by atoms with Crippen LogP contribution in [0.15, 0.2) is 12.3 Å². The lowest BCUT2D eigenvalue weighted by atomic mass is 9.40. The van der Waals surface area contributed by atoms with Gasteiger partial charge in [0.05, 0.1) is 0 Å². The van der Waals surface area contributed by atoms with Gasteiger partial charge in [-0.15, -0.1) is 0 Å². The van der Waals surface area contributed by atoms with Gasteiger partial charge in [-0.1, -0.05) is 13.8 Å². The van der Waals surface area contributed by atoms with Gasteiger partial charge in [0.15, 0.2) is 0 Å². The van der Waals surface area contributed by atoms with E-state index in [1.807, 2.05) is 12.3 Å². The summed E-state index contributed by atoms with van der Waals surface area (Å²) >= 11 is 0. The number of nitrogens with two attached hydrogens (primary N) is 1. The smallest absolute Gasteiger partial charge is 0.134 e. The molecule has 4 aliphatic rings. The minimum absolute atomic E-state index is 0.244. The Balaban J connectivity index is 1.75. The summed E-state index contributed by atoms with van der Waals surface area (Å²) in [5.74, 6) is 2.01. The fourth-order valence-corrected chi connectivity index (χ4v) is 6.64. The lowest BCUT2D eigenvalue weighted by Gasteiger charge is -2.64. The lowest BCUT2D eigenvalue weighted by molar-refractivity contribution is -0.112.